The van der Waals surface area contributed by atoms with Crippen molar-refractivity contribution in [3.05, 3.63) is 48.5 Å². The molecule has 1 fully saturated rings. The average Bonchev–Trinajstić information content (AvgIpc) is 3.02. The topological polar surface area (TPSA) is 70.7 Å². The molecule has 0 amide bonds. The van der Waals surface area contributed by atoms with Gasteiger partial charge in [0.15, 0.2) is 0 Å². The van der Waals surface area contributed by atoms with Crippen molar-refractivity contribution in [3.8, 4) is 5.75 Å². The quantitative estimate of drug-likeness (QED) is 0.720. The summed E-state index contributed by atoms with van der Waals surface area (Å²) >= 11 is 1.64. The van der Waals surface area contributed by atoms with E-state index in [1.807, 2.05) is 6.07 Å². The molecule has 6 nitrogen and oxygen atoms in total. The summed E-state index contributed by atoms with van der Waals surface area (Å²) in [5.41, 5.74) is 1.78. The van der Waals surface area contributed by atoms with Gasteiger partial charge in [0.05, 0.1) is 11.9 Å². The monoisotopic (exact) mass is 433 g/mol. The Hall–Kier alpha value is -2.27. The second kappa shape index (κ2) is 8.00. The van der Waals surface area contributed by atoms with Gasteiger partial charge in [0.25, 0.3) is 0 Å². The fourth-order valence-electron chi connectivity index (χ4n) is 2.71. The van der Waals surface area contributed by atoms with Gasteiger partial charge >= 0.3 is 6.36 Å². The molecular weight excluding hydrogens is 415 g/mol. The predicted octanol–water partition coefficient (Wildman–Crippen LogP) is 3.91. The third-order valence-electron chi connectivity index (χ3n) is 3.75. The number of hydrogen-bond donors (Lipinski definition) is 2. The zero-order valence-electron chi connectivity index (χ0n) is 14.7. The first-order chi connectivity index (χ1) is 13.1. The first kappa shape index (κ1) is 20.5. The molecule has 0 radical (unpaired) electrons. The van der Waals surface area contributed by atoms with E-state index in [-0.39, 0.29) is 11.2 Å². The third-order valence-corrected chi connectivity index (χ3v) is 5.46. The second-order valence-corrected chi connectivity index (χ2v) is 8.99. The maximum absolute atomic E-state index is 12.3. The minimum absolute atomic E-state index is 0.150. The van der Waals surface area contributed by atoms with Crippen LogP contribution in [0.2, 0.25) is 0 Å². The minimum atomic E-state index is -4.72. The van der Waals surface area contributed by atoms with Crippen LogP contribution in [0.25, 0.3) is 0 Å². The molecule has 0 spiro atoms. The molecule has 2 aromatic rings. The first-order valence-corrected chi connectivity index (χ1v) is 11.1. The second-order valence-electron chi connectivity index (χ2n) is 6.06. The summed E-state index contributed by atoms with van der Waals surface area (Å²) in [6.45, 7) is 0.736. The van der Waals surface area contributed by atoms with Crippen LogP contribution in [0.5, 0.6) is 5.75 Å². The summed E-state index contributed by atoms with van der Waals surface area (Å²) in [6.07, 6.45) is -3.64. The molecule has 0 aromatic heterocycles. The number of ether oxygens (including phenoxy) is 1. The summed E-state index contributed by atoms with van der Waals surface area (Å²) < 4.78 is 65.9. The Morgan fingerprint density at radius 1 is 1.14 bits per heavy atom. The molecule has 1 heterocycles. The van der Waals surface area contributed by atoms with Gasteiger partial charge in [-0.05, 0) is 42.5 Å². The molecule has 152 valence electrons. The highest BCUT2D eigenvalue weighted by Gasteiger charge is 2.31. The lowest BCUT2D eigenvalue weighted by atomic mass is 10.2. The molecule has 0 bridgehead atoms. The van der Waals surface area contributed by atoms with Crippen molar-refractivity contribution >= 4 is 38.8 Å². The van der Waals surface area contributed by atoms with Gasteiger partial charge in [0.1, 0.15) is 11.2 Å². The van der Waals surface area contributed by atoms with Gasteiger partial charge in [0, 0.05) is 23.7 Å². The van der Waals surface area contributed by atoms with Crippen LogP contribution in [-0.2, 0) is 10.0 Å². The van der Waals surface area contributed by atoms with Gasteiger partial charge in [-0.3, -0.25) is 4.72 Å². The van der Waals surface area contributed by atoms with Crippen LogP contribution in [0.1, 0.15) is 0 Å². The zero-order valence-corrected chi connectivity index (χ0v) is 16.4. The fraction of sp³-hybridized carbons (Fsp3) is 0.294. The van der Waals surface area contributed by atoms with Crippen LogP contribution >= 0.6 is 11.8 Å². The van der Waals surface area contributed by atoms with Gasteiger partial charge < -0.3 is 15.0 Å². The van der Waals surface area contributed by atoms with Crippen LogP contribution < -0.4 is 19.7 Å². The van der Waals surface area contributed by atoms with Crippen LogP contribution in [0.4, 0.5) is 30.2 Å². The molecule has 3 rings (SSSR count). The van der Waals surface area contributed by atoms with Crippen molar-refractivity contribution < 1.29 is 26.3 Å². The largest absolute Gasteiger partial charge is 0.573 e. The number of sulfonamides is 1. The SMILES string of the molecule is CS(=O)(=O)Nc1cccc(N2CCSC2Nc2ccc(OC(F)(F)F)cc2)c1. The zero-order chi connectivity index (χ0) is 20.4. The maximum atomic E-state index is 12.3. The Kier molecular flexibility index (Phi) is 5.84. The Morgan fingerprint density at radius 3 is 2.50 bits per heavy atom. The summed E-state index contributed by atoms with van der Waals surface area (Å²) in [6, 6.07) is 12.5. The number of alkyl halides is 3. The third kappa shape index (κ3) is 5.86. The molecule has 1 unspecified atom stereocenters. The Balaban J connectivity index is 1.71. The van der Waals surface area contributed by atoms with Crippen LogP contribution in [0, 0.1) is 0 Å². The van der Waals surface area contributed by atoms with E-state index in [0.717, 1.165) is 24.2 Å². The van der Waals surface area contributed by atoms with Crippen LogP contribution in [-0.4, -0.2) is 38.8 Å². The number of thioether (sulfide) groups is 1. The lowest BCUT2D eigenvalue weighted by Gasteiger charge is -2.27. The van der Waals surface area contributed by atoms with Crippen molar-refractivity contribution in [2.24, 2.45) is 0 Å². The first-order valence-electron chi connectivity index (χ1n) is 8.17. The standard InChI is InChI=1S/C17H18F3N3O3S2/c1-28(24,25)22-13-3-2-4-14(11-13)23-9-10-27-16(23)21-12-5-7-15(8-6-12)26-17(18,19)20/h2-8,11,16,21-22H,9-10H2,1H3. The lowest BCUT2D eigenvalue weighted by molar-refractivity contribution is -0.274. The number of nitrogens with zero attached hydrogens (tertiary/aromatic N) is 1. The molecule has 1 atom stereocenters. The van der Waals surface area contributed by atoms with Crippen LogP contribution in [0.15, 0.2) is 48.5 Å². The Morgan fingerprint density at radius 2 is 1.86 bits per heavy atom. The van der Waals surface area contributed by atoms with E-state index >= 15 is 0 Å². The molecular formula is C17H18F3N3O3S2. The Labute approximate surface area is 165 Å². The van der Waals surface area contributed by atoms with Gasteiger partial charge in [-0.25, -0.2) is 8.42 Å². The molecule has 0 aliphatic carbocycles. The van der Waals surface area contributed by atoms with Crippen molar-refractivity contribution in [1.82, 2.24) is 0 Å². The molecule has 28 heavy (non-hydrogen) atoms. The van der Waals surface area contributed by atoms with E-state index in [1.165, 1.54) is 24.3 Å². The van der Waals surface area contributed by atoms with Gasteiger partial charge in [-0.2, -0.15) is 0 Å². The van der Waals surface area contributed by atoms with E-state index in [9.17, 15) is 21.6 Å². The van der Waals surface area contributed by atoms with Crippen molar-refractivity contribution in [3.63, 3.8) is 0 Å². The Bertz CT molecular complexity index is 921. The molecule has 0 saturated carbocycles. The molecule has 1 saturated heterocycles. The highest BCUT2D eigenvalue weighted by atomic mass is 32.2. The summed E-state index contributed by atoms with van der Waals surface area (Å²) in [5.74, 6) is 0.560. The number of rotatable bonds is 6. The van der Waals surface area contributed by atoms with Gasteiger partial charge in [-0.1, -0.05) is 6.07 Å². The average molecular weight is 433 g/mol. The van der Waals surface area contributed by atoms with Crippen molar-refractivity contribution in [2.45, 2.75) is 11.9 Å². The lowest BCUT2D eigenvalue weighted by Crippen LogP contribution is -2.34. The smallest absolute Gasteiger partial charge is 0.406 e. The molecule has 2 aromatic carbocycles. The maximum Gasteiger partial charge on any atom is 0.573 e. The summed E-state index contributed by atoms with van der Waals surface area (Å²) in [4.78, 5) is 2.05. The van der Waals surface area contributed by atoms with E-state index in [4.69, 9.17) is 0 Å². The highest BCUT2D eigenvalue weighted by molar-refractivity contribution is 8.00. The van der Waals surface area contributed by atoms with Crippen molar-refractivity contribution in [1.29, 1.82) is 0 Å². The molecule has 11 heteroatoms. The number of nitrogens with one attached hydrogen (secondary N) is 2. The summed E-state index contributed by atoms with van der Waals surface area (Å²) in [7, 11) is -3.38. The van der Waals surface area contributed by atoms with E-state index in [2.05, 4.69) is 19.7 Å². The normalized spacial score (nSPS) is 17.4. The van der Waals surface area contributed by atoms with Crippen molar-refractivity contribution in [2.75, 3.05) is 33.5 Å². The highest BCUT2D eigenvalue weighted by Crippen LogP contribution is 2.32. The van der Waals surface area contributed by atoms with E-state index in [1.54, 1.807) is 30.0 Å². The molecule has 2 N–H and O–H groups in total. The minimum Gasteiger partial charge on any atom is -0.406 e. The summed E-state index contributed by atoms with van der Waals surface area (Å²) in [5, 5.41) is 3.26. The fourth-order valence-corrected chi connectivity index (χ4v) is 4.42. The molecule has 1 aliphatic rings. The van der Waals surface area contributed by atoms with E-state index in [0.29, 0.717) is 11.4 Å². The van der Waals surface area contributed by atoms with E-state index < -0.39 is 16.4 Å². The van der Waals surface area contributed by atoms with Gasteiger partial charge in [-0.15, -0.1) is 24.9 Å². The van der Waals surface area contributed by atoms with Crippen LogP contribution in [0.3, 0.4) is 0 Å². The van der Waals surface area contributed by atoms with Gasteiger partial charge in [0.2, 0.25) is 10.0 Å². The molecule has 1 aliphatic heterocycles. The number of benzene rings is 2. The number of anilines is 3. The number of halogens is 3. The predicted molar refractivity (Wildman–Crippen MR) is 105 cm³/mol. The number of hydrogen-bond acceptors (Lipinski definition) is 6.